The lowest BCUT2D eigenvalue weighted by atomic mass is 9.90. The average molecular weight is 313 g/mol. The summed E-state index contributed by atoms with van der Waals surface area (Å²) in [6, 6.07) is 0. The van der Waals surface area contributed by atoms with Gasteiger partial charge in [0.2, 0.25) is 0 Å². The molecular weight excluding hydrogens is 272 g/mol. The largest absolute Gasteiger partial charge is 0.378 e. The molecule has 0 bridgehead atoms. The minimum atomic E-state index is 0.530. The summed E-state index contributed by atoms with van der Waals surface area (Å²) >= 11 is 0. The third kappa shape index (κ3) is 6.20. The van der Waals surface area contributed by atoms with Crippen LogP contribution in [-0.2, 0) is 9.47 Å². The Morgan fingerprint density at radius 2 is 1.09 bits per heavy atom. The van der Waals surface area contributed by atoms with Gasteiger partial charge >= 0.3 is 0 Å². The first kappa shape index (κ1) is 20.0. The van der Waals surface area contributed by atoms with Crippen LogP contribution in [0.2, 0.25) is 0 Å². The van der Waals surface area contributed by atoms with Crippen LogP contribution < -0.4 is 0 Å². The van der Waals surface area contributed by atoms with Gasteiger partial charge in [-0.1, -0.05) is 55.4 Å². The second-order valence-corrected chi connectivity index (χ2v) is 8.63. The van der Waals surface area contributed by atoms with E-state index in [0.717, 1.165) is 18.4 Å². The molecule has 2 fully saturated rings. The van der Waals surface area contributed by atoms with Gasteiger partial charge in [-0.25, -0.2) is 0 Å². The second kappa shape index (κ2) is 9.27. The molecule has 2 aliphatic rings. The van der Waals surface area contributed by atoms with E-state index in [1.54, 1.807) is 0 Å². The van der Waals surface area contributed by atoms with E-state index < -0.39 is 0 Å². The van der Waals surface area contributed by atoms with Crippen molar-refractivity contribution in [2.24, 2.45) is 29.6 Å². The maximum Gasteiger partial charge on any atom is 0.0602 e. The molecule has 0 aromatic rings. The monoisotopic (exact) mass is 312 g/mol. The molecule has 132 valence electrons. The zero-order valence-electron chi connectivity index (χ0n) is 16.3. The summed E-state index contributed by atoms with van der Waals surface area (Å²) < 4.78 is 11.6. The zero-order valence-corrected chi connectivity index (χ0v) is 16.3. The standard InChI is InChI=1S/2C10H20O/c1-7(2)9-5-10(8(3)4)11-6-9;1-7(2)9-5-6-10(11-9)8(3)4/h2*7-10H,5-6H2,1-4H3. The number of hydrogen-bond acceptors (Lipinski definition) is 2. The molecule has 2 heterocycles. The third-order valence-corrected chi connectivity index (χ3v) is 5.32. The molecule has 0 radical (unpaired) electrons. The predicted octanol–water partition coefficient (Wildman–Crippen LogP) is 5.55. The molecule has 2 aliphatic heterocycles. The number of ether oxygens (including phenoxy) is 2. The van der Waals surface area contributed by atoms with E-state index in [-0.39, 0.29) is 0 Å². The smallest absolute Gasteiger partial charge is 0.0602 e. The van der Waals surface area contributed by atoms with E-state index in [0.29, 0.717) is 36.1 Å². The average Bonchev–Trinajstić information content (AvgIpc) is 3.09. The molecule has 0 aromatic carbocycles. The van der Waals surface area contributed by atoms with E-state index in [2.05, 4.69) is 55.4 Å². The van der Waals surface area contributed by atoms with Crippen molar-refractivity contribution >= 4 is 0 Å². The van der Waals surface area contributed by atoms with Gasteiger partial charge in [0.1, 0.15) is 0 Å². The lowest BCUT2D eigenvalue weighted by Crippen LogP contribution is -2.19. The Bertz CT molecular complexity index is 238. The SMILES string of the molecule is CC(C)C1CCC(C(C)C)O1.CC(C)C1COC(C(C)C)C1. The van der Waals surface area contributed by atoms with E-state index in [1.807, 2.05) is 0 Å². The topological polar surface area (TPSA) is 18.5 Å². The molecule has 2 rings (SSSR count). The lowest BCUT2D eigenvalue weighted by molar-refractivity contribution is -0.00210. The highest BCUT2D eigenvalue weighted by Crippen LogP contribution is 2.30. The van der Waals surface area contributed by atoms with Crippen LogP contribution >= 0.6 is 0 Å². The van der Waals surface area contributed by atoms with Crippen molar-refractivity contribution in [1.29, 1.82) is 0 Å². The summed E-state index contributed by atoms with van der Waals surface area (Å²) in [5.41, 5.74) is 0. The van der Waals surface area contributed by atoms with Crippen LogP contribution in [0.4, 0.5) is 0 Å². The van der Waals surface area contributed by atoms with E-state index in [9.17, 15) is 0 Å². The molecule has 2 heteroatoms. The van der Waals surface area contributed by atoms with Crippen molar-refractivity contribution < 1.29 is 9.47 Å². The number of hydrogen-bond donors (Lipinski definition) is 0. The van der Waals surface area contributed by atoms with Gasteiger partial charge in [0.15, 0.2) is 0 Å². The van der Waals surface area contributed by atoms with E-state index in [1.165, 1.54) is 19.3 Å². The predicted molar refractivity (Wildman–Crippen MR) is 95.1 cm³/mol. The van der Waals surface area contributed by atoms with Gasteiger partial charge in [-0.05, 0) is 48.9 Å². The normalized spacial score (nSPS) is 32.2. The molecule has 2 saturated heterocycles. The van der Waals surface area contributed by atoms with Crippen LogP contribution in [0.3, 0.4) is 0 Å². The van der Waals surface area contributed by atoms with Gasteiger partial charge in [-0.3, -0.25) is 0 Å². The Labute approximate surface area is 139 Å². The minimum Gasteiger partial charge on any atom is -0.378 e. The summed E-state index contributed by atoms with van der Waals surface area (Å²) in [6.45, 7) is 19.0. The van der Waals surface area contributed by atoms with E-state index >= 15 is 0 Å². The van der Waals surface area contributed by atoms with Crippen molar-refractivity contribution in [3.63, 3.8) is 0 Å². The lowest BCUT2D eigenvalue weighted by Gasteiger charge is -2.18. The summed E-state index contributed by atoms with van der Waals surface area (Å²) in [4.78, 5) is 0. The highest BCUT2D eigenvalue weighted by atomic mass is 16.5. The molecule has 2 nitrogen and oxygen atoms in total. The van der Waals surface area contributed by atoms with Crippen LogP contribution in [-0.4, -0.2) is 24.9 Å². The van der Waals surface area contributed by atoms with Gasteiger partial charge in [0.25, 0.3) is 0 Å². The summed E-state index contributed by atoms with van der Waals surface area (Å²) in [5.74, 6) is 3.68. The van der Waals surface area contributed by atoms with Gasteiger partial charge in [-0.15, -0.1) is 0 Å². The highest BCUT2D eigenvalue weighted by Gasteiger charge is 2.29. The van der Waals surface area contributed by atoms with Crippen LogP contribution in [0.15, 0.2) is 0 Å². The maximum absolute atomic E-state index is 5.88. The Hall–Kier alpha value is -0.0800. The van der Waals surface area contributed by atoms with Crippen molar-refractivity contribution in [2.45, 2.75) is 93.0 Å². The molecule has 4 unspecified atom stereocenters. The zero-order chi connectivity index (χ0) is 16.9. The summed E-state index contributed by atoms with van der Waals surface area (Å²) in [5, 5.41) is 0. The van der Waals surface area contributed by atoms with Gasteiger partial charge in [0.05, 0.1) is 24.9 Å². The van der Waals surface area contributed by atoms with Crippen LogP contribution in [0.1, 0.15) is 74.7 Å². The van der Waals surface area contributed by atoms with E-state index in [4.69, 9.17) is 9.47 Å². The number of rotatable bonds is 4. The van der Waals surface area contributed by atoms with Crippen molar-refractivity contribution in [1.82, 2.24) is 0 Å². The van der Waals surface area contributed by atoms with Gasteiger partial charge < -0.3 is 9.47 Å². The van der Waals surface area contributed by atoms with Crippen LogP contribution in [0, 0.1) is 29.6 Å². The quantitative estimate of drug-likeness (QED) is 0.677. The second-order valence-electron chi connectivity index (χ2n) is 8.63. The Kier molecular flexibility index (Phi) is 8.42. The molecule has 0 aliphatic carbocycles. The van der Waals surface area contributed by atoms with Crippen molar-refractivity contribution in [2.75, 3.05) is 6.61 Å². The van der Waals surface area contributed by atoms with Gasteiger partial charge in [-0.2, -0.15) is 0 Å². The third-order valence-electron chi connectivity index (χ3n) is 5.32. The highest BCUT2D eigenvalue weighted by molar-refractivity contribution is 4.78. The van der Waals surface area contributed by atoms with Gasteiger partial charge in [0, 0.05) is 0 Å². The molecule has 0 N–H and O–H groups in total. The Morgan fingerprint density at radius 1 is 0.636 bits per heavy atom. The molecule has 4 atom stereocenters. The Balaban J connectivity index is 0.000000220. The fourth-order valence-electron chi connectivity index (χ4n) is 3.28. The summed E-state index contributed by atoms with van der Waals surface area (Å²) in [7, 11) is 0. The molecule has 0 saturated carbocycles. The molecule has 0 amide bonds. The van der Waals surface area contributed by atoms with Crippen LogP contribution in [0.25, 0.3) is 0 Å². The first-order chi connectivity index (χ1) is 10.2. The molecule has 0 spiro atoms. The first-order valence-corrected chi connectivity index (χ1v) is 9.49. The molecular formula is C20H40O2. The summed E-state index contributed by atoms with van der Waals surface area (Å²) in [6.07, 6.45) is 5.39. The van der Waals surface area contributed by atoms with Crippen molar-refractivity contribution in [3.05, 3.63) is 0 Å². The maximum atomic E-state index is 5.88. The van der Waals surface area contributed by atoms with Crippen LogP contribution in [0.5, 0.6) is 0 Å². The fourth-order valence-corrected chi connectivity index (χ4v) is 3.28. The molecule has 22 heavy (non-hydrogen) atoms. The Morgan fingerprint density at radius 3 is 1.32 bits per heavy atom. The fraction of sp³-hybridized carbons (Fsp3) is 1.00. The first-order valence-electron chi connectivity index (χ1n) is 9.49. The molecule has 0 aromatic heterocycles. The minimum absolute atomic E-state index is 0.530. The van der Waals surface area contributed by atoms with Crippen molar-refractivity contribution in [3.8, 4) is 0 Å².